The van der Waals surface area contributed by atoms with Gasteiger partial charge in [0.2, 0.25) is 0 Å². The first-order valence-electron chi connectivity index (χ1n) is 8.36. The van der Waals surface area contributed by atoms with E-state index in [0.29, 0.717) is 11.4 Å². The Bertz CT molecular complexity index is 1000. The van der Waals surface area contributed by atoms with Crippen molar-refractivity contribution < 1.29 is 14.7 Å². The number of aromatic nitrogens is 4. The fourth-order valence-corrected chi connectivity index (χ4v) is 3.05. The van der Waals surface area contributed by atoms with E-state index in [9.17, 15) is 14.7 Å². The van der Waals surface area contributed by atoms with Crippen LogP contribution in [0.1, 0.15) is 29.0 Å². The third-order valence-corrected chi connectivity index (χ3v) is 4.60. The molecule has 1 aliphatic carbocycles. The predicted molar refractivity (Wildman–Crippen MR) is 93.0 cm³/mol. The van der Waals surface area contributed by atoms with Crippen LogP contribution in [-0.2, 0) is 4.79 Å². The molecule has 8 heteroatoms. The Kier molecular flexibility index (Phi) is 3.87. The molecule has 0 aliphatic heterocycles. The van der Waals surface area contributed by atoms with Crippen molar-refractivity contribution in [1.29, 1.82) is 0 Å². The van der Waals surface area contributed by atoms with Crippen molar-refractivity contribution in [3.63, 3.8) is 0 Å². The smallest absolute Gasteiger partial charge is 0.326 e. The molecule has 26 heavy (non-hydrogen) atoms. The molecule has 2 N–H and O–H groups in total. The molecule has 1 aliphatic rings. The third kappa shape index (κ3) is 2.79. The van der Waals surface area contributed by atoms with Crippen LogP contribution in [0.3, 0.4) is 0 Å². The summed E-state index contributed by atoms with van der Waals surface area (Å²) in [5, 5.41) is 20.9. The van der Waals surface area contributed by atoms with E-state index in [2.05, 4.69) is 20.6 Å². The molecule has 1 saturated carbocycles. The van der Waals surface area contributed by atoms with Crippen molar-refractivity contribution >= 4 is 22.8 Å². The lowest BCUT2D eigenvalue weighted by Crippen LogP contribution is -2.42. The molecule has 8 nitrogen and oxygen atoms in total. The van der Waals surface area contributed by atoms with Crippen molar-refractivity contribution in [2.24, 2.45) is 5.92 Å². The lowest BCUT2D eigenvalue weighted by atomic mass is 10.1. The fraction of sp³-hybridized carbons (Fsp3) is 0.278. The van der Waals surface area contributed by atoms with E-state index < -0.39 is 17.9 Å². The highest BCUT2D eigenvalue weighted by atomic mass is 16.4. The van der Waals surface area contributed by atoms with E-state index in [4.69, 9.17) is 0 Å². The fourth-order valence-electron chi connectivity index (χ4n) is 3.05. The molecule has 1 aromatic carbocycles. The minimum Gasteiger partial charge on any atom is -0.480 e. The van der Waals surface area contributed by atoms with Crippen molar-refractivity contribution in [2.45, 2.75) is 25.8 Å². The number of hydrogen-bond donors (Lipinski definition) is 2. The lowest BCUT2D eigenvalue weighted by Gasteiger charge is -2.12. The van der Waals surface area contributed by atoms with Crippen molar-refractivity contribution in [3.8, 4) is 5.69 Å². The van der Waals surface area contributed by atoms with Crippen molar-refractivity contribution in [3.05, 3.63) is 47.9 Å². The summed E-state index contributed by atoms with van der Waals surface area (Å²) in [5.74, 6) is -1.56. The van der Waals surface area contributed by atoms with Crippen LogP contribution < -0.4 is 5.32 Å². The van der Waals surface area contributed by atoms with E-state index in [1.54, 1.807) is 17.8 Å². The van der Waals surface area contributed by atoms with Crippen LogP contribution in [0.25, 0.3) is 16.6 Å². The number of aliphatic carboxylic acids is 1. The molecule has 132 valence electrons. The van der Waals surface area contributed by atoms with Crippen molar-refractivity contribution in [2.75, 3.05) is 0 Å². The molecule has 0 saturated heterocycles. The molecular formula is C18H17N5O3. The maximum Gasteiger partial charge on any atom is 0.326 e. The van der Waals surface area contributed by atoms with Gasteiger partial charge in [-0.05, 0) is 37.8 Å². The number of carboxylic acid groups (broad SMARTS) is 1. The van der Waals surface area contributed by atoms with E-state index in [1.165, 1.54) is 0 Å². The molecule has 1 atom stereocenters. The van der Waals surface area contributed by atoms with Gasteiger partial charge < -0.3 is 10.4 Å². The number of hydrogen-bond acceptors (Lipinski definition) is 5. The molecule has 1 unspecified atom stereocenters. The van der Waals surface area contributed by atoms with Gasteiger partial charge in [-0.1, -0.05) is 23.4 Å². The first-order valence-corrected chi connectivity index (χ1v) is 8.36. The topological polar surface area (TPSA) is 110 Å². The van der Waals surface area contributed by atoms with Gasteiger partial charge in [-0.2, -0.15) is 0 Å². The van der Waals surface area contributed by atoms with Crippen LogP contribution in [0.4, 0.5) is 0 Å². The van der Waals surface area contributed by atoms with Gasteiger partial charge in [-0.15, -0.1) is 5.10 Å². The van der Waals surface area contributed by atoms with Crippen LogP contribution in [0.2, 0.25) is 0 Å². The molecule has 0 spiro atoms. The van der Waals surface area contributed by atoms with Crippen molar-refractivity contribution in [1.82, 2.24) is 25.3 Å². The van der Waals surface area contributed by atoms with Crippen LogP contribution >= 0.6 is 0 Å². The van der Waals surface area contributed by atoms with E-state index >= 15 is 0 Å². The molecule has 0 radical (unpaired) electrons. The molecule has 0 bridgehead atoms. The predicted octanol–water partition coefficient (Wildman–Crippen LogP) is 1.72. The molecule has 2 aromatic heterocycles. The van der Waals surface area contributed by atoms with Gasteiger partial charge in [0.1, 0.15) is 6.04 Å². The highest BCUT2D eigenvalue weighted by Gasteiger charge is 2.38. The van der Waals surface area contributed by atoms with Crippen LogP contribution in [-0.4, -0.2) is 43.0 Å². The lowest BCUT2D eigenvalue weighted by molar-refractivity contribution is -0.139. The third-order valence-electron chi connectivity index (χ3n) is 4.60. The van der Waals surface area contributed by atoms with E-state index in [0.717, 1.165) is 23.7 Å². The van der Waals surface area contributed by atoms with E-state index in [1.807, 2.05) is 30.3 Å². The standard InChI is InChI=1S/C18H17N5O3/c1-10-14(17(24)20-16(18(25)26)12-7-8-12)21-22-23(10)13-6-2-4-11-5-3-9-19-15(11)13/h2-6,9,12,16H,7-8H2,1H3,(H,20,24)(H,25,26). The first kappa shape index (κ1) is 16.2. The zero-order valence-electron chi connectivity index (χ0n) is 14.1. The normalized spacial score (nSPS) is 15.0. The second-order valence-corrected chi connectivity index (χ2v) is 6.41. The van der Waals surface area contributed by atoms with Gasteiger partial charge in [-0.3, -0.25) is 9.78 Å². The number of pyridine rings is 1. The Hall–Kier alpha value is -3.29. The summed E-state index contributed by atoms with van der Waals surface area (Å²) in [5.41, 5.74) is 2.10. The molecule has 3 aromatic rings. The summed E-state index contributed by atoms with van der Waals surface area (Å²) >= 11 is 0. The second-order valence-electron chi connectivity index (χ2n) is 6.41. The number of nitrogens with zero attached hydrogens (tertiary/aromatic N) is 4. The summed E-state index contributed by atoms with van der Waals surface area (Å²) in [7, 11) is 0. The van der Waals surface area contributed by atoms with Crippen LogP contribution in [0.5, 0.6) is 0 Å². The van der Waals surface area contributed by atoms with Gasteiger partial charge in [0.25, 0.3) is 5.91 Å². The highest BCUT2D eigenvalue weighted by molar-refractivity contribution is 5.96. The number of benzene rings is 1. The average molecular weight is 351 g/mol. The summed E-state index contributed by atoms with van der Waals surface area (Å²) < 4.78 is 1.55. The zero-order valence-corrected chi connectivity index (χ0v) is 14.1. The Balaban J connectivity index is 1.68. The molecule has 2 heterocycles. The van der Waals surface area contributed by atoms with Crippen LogP contribution in [0, 0.1) is 12.8 Å². The second kappa shape index (κ2) is 6.21. The Morgan fingerprint density at radius 1 is 1.27 bits per heavy atom. The average Bonchev–Trinajstić information content (AvgIpc) is 3.40. The van der Waals surface area contributed by atoms with Gasteiger partial charge in [0.05, 0.1) is 16.9 Å². The molecule has 4 rings (SSSR count). The number of rotatable bonds is 5. The number of carbonyl (C=O) groups excluding carboxylic acids is 1. The highest BCUT2D eigenvalue weighted by Crippen LogP contribution is 2.33. The van der Waals surface area contributed by atoms with Gasteiger partial charge >= 0.3 is 5.97 Å². The number of amides is 1. The summed E-state index contributed by atoms with van der Waals surface area (Å²) in [6.45, 7) is 1.73. The minimum absolute atomic E-state index is 0.00549. The van der Waals surface area contributed by atoms with Crippen LogP contribution in [0.15, 0.2) is 36.5 Å². The summed E-state index contributed by atoms with van der Waals surface area (Å²) in [4.78, 5) is 28.2. The SMILES string of the molecule is Cc1c(C(=O)NC(C(=O)O)C2CC2)nnn1-c1cccc2cccnc12. The molecular weight excluding hydrogens is 334 g/mol. The summed E-state index contributed by atoms with van der Waals surface area (Å²) in [6, 6.07) is 8.59. The number of para-hydroxylation sites is 1. The quantitative estimate of drug-likeness (QED) is 0.724. The Morgan fingerprint density at radius 2 is 2.04 bits per heavy atom. The summed E-state index contributed by atoms with van der Waals surface area (Å²) in [6.07, 6.45) is 3.31. The van der Waals surface area contributed by atoms with Gasteiger partial charge in [-0.25, -0.2) is 9.48 Å². The maximum absolute atomic E-state index is 12.5. The van der Waals surface area contributed by atoms with E-state index in [-0.39, 0.29) is 11.6 Å². The Labute approximate surface area is 148 Å². The van der Waals surface area contributed by atoms with Gasteiger partial charge in [0, 0.05) is 11.6 Å². The largest absolute Gasteiger partial charge is 0.480 e. The number of nitrogens with one attached hydrogen (secondary N) is 1. The van der Waals surface area contributed by atoms with Gasteiger partial charge in [0.15, 0.2) is 5.69 Å². The zero-order chi connectivity index (χ0) is 18.3. The monoisotopic (exact) mass is 351 g/mol. The molecule has 1 amide bonds. The Morgan fingerprint density at radius 3 is 2.77 bits per heavy atom. The number of carbonyl (C=O) groups is 2. The number of fused-ring (bicyclic) bond motifs is 1. The minimum atomic E-state index is -1.02. The first-order chi connectivity index (χ1) is 12.6. The maximum atomic E-state index is 12.5. The number of carboxylic acids is 1. The molecule has 1 fully saturated rings.